The smallest absolute Gasteiger partial charge is 0.233 e. The number of aromatic nitrogens is 3. The van der Waals surface area contributed by atoms with Crippen LogP contribution in [0, 0.1) is 0 Å². The molecule has 0 saturated carbocycles. The normalized spacial score (nSPS) is 13.3. The fourth-order valence-corrected chi connectivity index (χ4v) is 3.89. The van der Waals surface area contributed by atoms with Crippen molar-refractivity contribution in [3.8, 4) is 10.7 Å². The Bertz CT molecular complexity index is 817. The lowest BCUT2D eigenvalue weighted by Gasteiger charge is -2.16. The van der Waals surface area contributed by atoms with Gasteiger partial charge in [0.25, 0.3) is 0 Å². The van der Waals surface area contributed by atoms with E-state index in [9.17, 15) is 4.79 Å². The molecule has 5 nitrogen and oxygen atoms in total. The number of thiophene rings is 1. The third kappa shape index (κ3) is 5.19. The number of amides is 1. The summed E-state index contributed by atoms with van der Waals surface area (Å²) >= 11 is 2.97. The largest absolute Gasteiger partial charge is 0.353 e. The first-order valence-electron chi connectivity index (χ1n) is 8.59. The predicted octanol–water partition coefficient (Wildman–Crippen LogP) is 4.15. The van der Waals surface area contributed by atoms with E-state index < -0.39 is 0 Å². The zero-order chi connectivity index (χ0) is 18.4. The van der Waals surface area contributed by atoms with Gasteiger partial charge in [-0.3, -0.25) is 9.89 Å². The van der Waals surface area contributed by atoms with Crippen LogP contribution in [0.4, 0.5) is 0 Å². The minimum Gasteiger partial charge on any atom is -0.353 e. The van der Waals surface area contributed by atoms with Crippen molar-refractivity contribution in [1.82, 2.24) is 20.5 Å². The second-order valence-electron chi connectivity index (χ2n) is 6.14. The molecule has 1 amide bonds. The second kappa shape index (κ2) is 9.00. The Morgan fingerprint density at radius 3 is 2.77 bits per heavy atom. The van der Waals surface area contributed by atoms with E-state index in [1.807, 2.05) is 49.6 Å². The van der Waals surface area contributed by atoms with Gasteiger partial charge in [-0.05, 0) is 43.7 Å². The highest BCUT2D eigenvalue weighted by atomic mass is 32.2. The topological polar surface area (TPSA) is 70.7 Å². The van der Waals surface area contributed by atoms with Gasteiger partial charge in [-0.15, -0.1) is 16.4 Å². The number of H-pyrrole nitrogens is 1. The highest BCUT2D eigenvalue weighted by molar-refractivity contribution is 8.00. The highest BCUT2D eigenvalue weighted by Gasteiger charge is 2.19. The van der Waals surface area contributed by atoms with Crippen molar-refractivity contribution < 1.29 is 4.79 Å². The quantitative estimate of drug-likeness (QED) is 0.571. The lowest BCUT2D eigenvalue weighted by Crippen LogP contribution is -2.37. The number of rotatable bonds is 8. The molecule has 26 heavy (non-hydrogen) atoms. The van der Waals surface area contributed by atoms with Gasteiger partial charge in [0.05, 0.1) is 10.1 Å². The average Bonchev–Trinajstić information content (AvgIpc) is 3.32. The molecule has 2 heterocycles. The first kappa shape index (κ1) is 18.7. The molecule has 3 rings (SSSR count). The molecule has 2 unspecified atom stereocenters. The Balaban J connectivity index is 1.47. The maximum Gasteiger partial charge on any atom is 0.233 e. The molecule has 0 aliphatic carbocycles. The molecule has 0 radical (unpaired) electrons. The first-order valence-corrected chi connectivity index (χ1v) is 10.3. The molecule has 1 aromatic carbocycles. The minimum absolute atomic E-state index is 0.0121. The number of nitrogens with one attached hydrogen (secondary N) is 2. The molecule has 0 spiro atoms. The van der Waals surface area contributed by atoms with Crippen LogP contribution in [0.5, 0.6) is 0 Å². The third-order valence-electron chi connectivity index (χ3n) is 3.97. The summed E-state index contributed by atoms with van der Waals surface area (Å²) in [6, 6.07) is 14.4. The maximum absolute atomic E-state index is 12.4. The summed E-state index contributed by atoms with van der Waals surface area (Å²) in [5, 5.41) is 12.6. The molecular weight excluding hydrogens is 364 g/mol. The number of thioether (sulfide) groups is 1. The Labute approximate surface area is 161 Å². The predicted molar refractivity (Wildman–Crippen MR) is 107 cm³/mol. The standard InChI is InChI=1S/C19H22N4OS2/c1-13(10-11-15-7-4-3-5-8-15)20-18(24)14(2)26-19-21-17(22-23-19)16-9-6-12-25-16/h3-9,12-14H,10-11H2,1-2H3,(H,20,24)(H,21,22,23). The molecule has 0 aliphatic rings. The summed E-state index contributed by atoms with van der Waals surface area (Å²) < 4.78 is 0. The van der Waals surface area contributed by atoms with E-state index in [4.69, 9.17) is 0 Å². The molecule has 3 aromatic rings. The van der Waals surface area contributed by atoms with Gasteiger partial charge in [0.1, 0.15) is 0 Å². The Hall–Kier alpha value is -2.12. The molecule has 0 fully saturated rings. The van der Waals surface area contributed by atoms with Crippen molar-refractivity contribution >= 4 is 29.0 Å². The van der Waals surface area contributed by atoms with Crippen LogP contribution in [0.3, 0.4) is 0 Å². The molecule has 2 N–H and O–H groups in total. The minimum atomic E-state index is -0.249. The Kier molecular flexibility index (Phi) is 6.46. The van der Waals surface area contributed by atoms with Crippen molar-refractivity contribution in [2.24, 2.45) is 0 Å². The summed E-state index contributed by atoms with van der Waals surface area (Å²) in [7, 11) is 0. The van der Waals surface area contributed by atoms with Crippen LogP contribution in [-0.2, 0) is 11.2 Å². The number of nitrogens with zero attached hydrogens (tertiary/aromatic N) is 2. The third-order valence-corrected chi connectivity index (χ3v) is 5.81. The molecule has 2 atom stereocenters. The van der Waals surface area contributed by atoms with Crippen LogP contribution in [0.2, 0.25) is 0 Å². The molecule has 0 bridgehead atoms. The van der Waals surface area contributed by atoms with Crippen LogP contribution < -0.4 is 5.32 Å². The van der Waals surface area contributed by atoms with Gasteiger partial charge in [-0.2, -0.15) is 0 Å². The van der Waals surface area contributed by atoms with E-state index in [0.29, 0.717) is 5.16 Å². The van der Waals surface area contributed by atoms with Gasteiger partial charge >= 0.3 is 0 Å². The van der Waals surface area contributed by atoms with Crippen LogP contribution in [0.25, 0.3) is 10.7 Å². The zero-order valence-corrected chi connectivity index (χ0v) is 16.4. The van der Waals surface area contributed by atoms with Crippen LogP contribution in [0.1, 0.15) is 25.8 Å². The van der Waals surface area contributed by atoms with Crippen molar-refractivity contribution in [2.45, 2.75) is 43.1 Å². The van der Waals surface area contributed by atoms with Gasteiger partial charge in [0, 0.05) is 6.04 Å². The van der Waals surface area contributed by atoms with Gasteiger partial charge in [-0.1, -0.05) is 48.2 Å². The summed E-state index contributed by atoms with van der Waals surface area (Å²) in [6.45, 7) is 3.92. The van der Waals surface area contributed by atoms with Gasteiger partial charge in [0.2, 0.25) is 11.1 Å². The summed E-state index contributed by atoms with van der Waals surface area (Å²) in [5.74, 6) is 0.754. The van der Waals surface area contributed by atoms with Crippen molar-refractivity contribution in [2.75, 3.05) is 0 Å². The van der Waals surface area contributed by atoms with Crippen molar-refractivity contribution in [3.63, 3.8) is 0 Å². The number of aromatic amines is 1. The first-order chi connectivity index (χ1) is 12.6. The van der Waals surface area contributed by atoms with E-state index in [0.717, 1.165) is 23.5 Å². The fourth-order valence-electron chi connectivity index (χ4n) is 2.49. The Morgan fingerprint density at radius 2 is 2.04 bits per heavy atom. The second-order valence-corrected chi connectivity index (χ2v) is 8.39. The Morgan fingerprint density at radius 1 is 1.23 bits per heavy atom. The van der Waals surface area contributed by atoms with Crippen LogP contribution in [0.15, 0.2) is 53.0 Å². The van der Waals surface area contributed by atoms with Crippen molar-refractivity contribution in [1.29, 1.82) is 0 Å². The lowest BCUT2D eigenvalue weighted by molar-refractivity contribution is -0.120. The average molecular weight is 387 g/mol. The SMILES string of the molecule is CC(CCc1ccccc1)NC(=O)C(C)Sc1n[nH]c(-c2cccs2)n1. The van der Waals surface area contributed by atoms with E-state index in [1.54, 1.807) is 11.3 Å². The zero-order valence-electron chi connectivity index (χ0n) is 14.8. The van der Waals surface area contributed by atoms with E-state index >= 15 is 0 Å². The van der Waals surface area contributed by atoms with Crippen LogP contribution in [-0.4, -0.2) is 32.4 Å². The molecule has 0 saturated heterocycles. The summed E-state index contributed by atoms with van der Waals surface area (Å²) in [5.41, 5.74) is 1.29. The maximum atomic E-state index is 12.4. The number of carbonyl (C=O) groups excluding carboxylic acids is 1. The highest BCUT2D eigenvalue weighted by Crippen LogP contribution is 2.25. The molecule has 0 aliphatic heterocycles. The molecule has 7 heteroatoms. The van der Waals surface area contributed by atoms with E-state index in [1.165, 1.54) is 17.3 Å². The number of benzene rings is 1. The summed E-state index contributed by atoms with van der Waals surface area (Å²) in [4.78, 5) is 17.9. The monoisotopic (exact) mass is 386 g/mol. The fraction of sp³-hybridized carbons (Fsp3) is 0.316. The van der Waals surface area contributed by atoms with E-state index in [-0.39, 0.29) is 17.2 Å². The number of aryl methyl sites for hydroxylation is 1. The number of carbonyl (C=O) groups is 1. The number of hydrogen-bond donors (Lipinski definition) is 2. The lowest BCUT2D eigenvalue weighted by atomic mass is 10.1. The van der Waals surface area contributed by atoms with Crippen LogP contribution >= 0.6 is 23.1 Å². The van der Waals surface area contributed by atoms with Gasteiger partial charge in [-0.25, -0.2) is 4.98 Å². The van der Waals surface area contributed by atoms with Gasteiger partial charge < -0.3 is 5.32 Å². The molecule has 136 valence electrons. The summed E-state index contributed by atoms with van der Waals surface area (Å²) in [6.07, 6.45) is 1.87. The molecule has 2 aromatic heterocycles. The van der Waals surface area contributed by atoms with Crippen molar-refractivity contribution in [3.05, 3.63) is 53.4 Å². The molecular formula is C19H22N4OS2. The number of hydrogen-bond acceptors (Lipinski definition) is 5. The van der Waals surface area contributed by atoms with Gasteiger partial charge in [0.15, 0.2) is 5.82 Å². The van der Waals surface area contributed by atoms with E-state index in [2.05, 4.69) is 32.6 Å².